The average Bonchev–Trinajstić information content (AvgIpc) is 2.67. The van der Waals surface area contributed by atoms with Crippen molar-refractivity contribution < 1.29 is 42.3 Å². The van der Waals surface area contributed by atoms with E-state index in [1.54, 1.807) is 0 Å². The molecule has 0 heterocycles. The number of hydrogen-bond acceptors (Lipinski definition) is 9. The number of rotatable bonds is 0. The molecule has 0 amide bonds. The van der Waals surface area contributed by atoms with Crippen molar-refractivity contribution >= 4 is 87.1 Å². The van der Waals surface area contributed by atoms with E-state index in [-0.39, 0.29) is 110 Å². The SMILES string of the molecule is C#N.C#N.C#N.C#N.C#N.C#N.O=C(O)O.Oc1ccc(O)cc1.[Fe].[KH].[NaH]. The zero-order chi connectivity index (χ0) is 21.6. The molecule has 138 valence electrons. The molecule has 1 rings (SSSR count). The number of phenolic OH excluding ortho intramolecular Hbond substituents is 2. The van der Waals surface area contributed by atoms with E-state index >= 15 is 0 Å². The Balaban J connectivity index is -0.0000000168. The summed E-state index contributed by atoms with van der Waals surface area (Å²) in [7, 11) is 0. The van der Waals surface area contributed by atoms with Crippen molar-refractivity contribution in [3.8, 4) is 50.9 Å². The third kappa shape index (κ3) is 178. The molecule has 0 aromatic heterocycles. The first kappa shape index (κ1) is 63.9. The molecule has 0 fully saturated rings. The van der Waals surface area contributed by atoms with Gasteiger partial charge in [0.05, 0.1) is 0 Å². The molecule has 14 heteroatoms. The van der Waals surface area contributed by atoms with Crippen molar-refractivity contribution in [2.75, 3.05) is 0 Å². The van der Waals surface area contributed by atoms with Gasteiger partial charge in [-0.05, 0) is 24.3 Å². The van der Waals surface area contributed by atoms with Gasteiger partial charge in [-0.3, -0.25) is 0 Å². The average molecular weight is 454 g/mol. The van der Waals surface area contributed by atoms with Gasteiger partial charge in [0.2, 0.25) is 0 Å². The van der Waals surface area contributed by atoms with Crippen molar-refractivity contribution in [1.82, 2.24) is 0 Å². The van der Waals surface area contributed by atoms with E-state index in [0.29, 0.717) is 0 Å². The van der Waals surface area contributed by atoms with Crippen LogP contribution in [0.25, 0.3) is 0 Å². The van der Waals surface area contributed by atoms with Gasteiger partial charge >= 0.3 is 87.1 Å². The molecular weight excluding hydrogens is 438 g/mol. The molecule has 0 aliphatic carbocycles. The summed E-state index contributed by atoms with van der Waals surface area (Å²) in [4.78, 5) is 8.56. The molecule has 0 aliphatic rings. The summed E-state index contributed by atoms with van der Waals surface area (Å²) in [5, 5.41) is 70.2. The van der Waals surface area contributed by atoms with Crippen LogP contribution in [0.15, 0.2) is 24.3 Å². The molecule has 1 aromatic carbocycles. The number of carbonyl (C=O) groups is 1. The molecule has 0 aliphatic heterocycles. The van der Waals surface area contributed by atoms with Crippen LogP contribution in [-0.4, -0.2) is 108 Å². The van der Waals surface area contributed by atoms with Gasteiger partial charge in [0.25, 0.3) is 0 Å². The second-order valence-corrected chi connectivity index (χ2v) is 1.80. The number of hydrogen-bond donors (Lipinski definition) is 4. The fourth-order valence-corrected chi connectivity index (χ4v) is 0.453. The molecule has 0 unspecified atom stereocenters. The minimum atomic E-state index is -1.83. The first-order valence-corrected chi connectivity index (χ1v) is 4.47. The van der Waals surface area contributed by atoms with Crippen molar-refractivity contribution in [2.45, 2.75) is 0 Å². The third-order valence-electron chi connectivity index (χ3n) is 0.850. The number of phenols is 2. The second-order valence-electron chi connectivity index (χ2n) is 1.80. The number of benzene rings is 1. The molecule has 1 aromatic rings. The van der Waals surface area contributed by atoms with E-state index in [0.717, 1.165) is 0 Å². The first-order chi connectivity index (χ1) is 11.5. The van der Waals surface area contributed by atoms with Crippen LogP contribution in [0.2, 0.25) is 0 Å². The molecule has 0 atom stereocenters. The van der Waals surface area contributed by atoms with Gasteiger partial charge in [-0.25, -0.2) is 36.4 Å². The minimum absolute atomic E-state index is 0. The number of nitrogens with zero attached hydrogens (tertiary/aromatic N) is 6. The van der Waals surface area contributed by atoms with E-state index in [4.69, 9.17) is 56.8 Å². The van der Waals surface area contributed by atoms with Crippen LogP contribution >= 0.6 is 0 Å². The van der Waals surface area contributed by atoms with Gasteiger partial charge in [0.15, 0.2) is 0 Å². The van der Waals surface area contributed by atoms with Crippen LogP contribution in [0.4, 0.5) is 4.79 Å². The summed E-state index contributed by atoms with van der Waals surface area (Å²) in [6.07, 6.45) is -1.83. The van der Waals surface area contributed by atoms with Crippen LogP contribution in [-0.2, 0) is 17.1 Å². The van der Waals surface area contributed by atoms with Gasteiger partial charge < -0.3 is 20.4 Å². The molecule has 0 bridgehead atoms. The Kier molecular flexibility index (Phi) is 246. The molecule has 0 saturated heterocycles. The van der Waals surface area contributed by atoms with Crippen molar-refractivity contribution in [3.63, 3.8) is 0 Å². The van der Waals surface area contributed by atoms with Crippen LogP contribution in [0.5, 0.6) is 11.5 Å². The topological polar surface area (TPSA) is 241 Å². The Morgan fingerprint density at radius 1 is 0.630 bits per heavy atom. The predicted molar refractivity (Wildman–Crippen MR) is 94.7 cm³/mol. The van der Waals surface area contributed by atoms with E-state index in [1.807, 2.05) is 0 Å². The van der Waals surface area contributed by atoms with Crippen LogP contribution < -0.4 is 0 Å². The van der Waals surface area contributed by atoms with Gasteiger partial charge in [0.1, 0.15) is 11.5 Å². The molecule has 0 radical (unpaired) electrons. The summed E-state index contributed by atoms with van der Waals surface area (Å²) in [6, 6.07) is 5.70. The van der Waals surface area contributed by atoms with Crippen molar-refractivity contribution in [2.24, 2.45) is 0 Å². The molecule has 27 heavy (non-hydrogen) atoms. The fourth-order valence-electron chi connectivity index (χ4n) is 0.453. The summed E-state index contributed by atoms with van der Waals surface area (Å²) in [5.41, 5.74) is 0. The van der Waals surface area contributed by atoms with Crippen LogP contribution in [0.1, 0.15) is 0 Å². The van der Waals surface area contributed by atoms with Gasteiger partial charge in [-0.1, -0.05) is 0 Å². The molecule has 4 N–H and O–H groups in total. The van der Waals surface area contributed by atoms with E-state index < -0.39 is 6.16 Å². The van der Waals surface area contributed by atoms with Crippen LogP contribution in [0.3, 0.4) is 0 Å². The summed E-state index contributed by atoms with van der Waals surface area (Å²) < 4.78 is 0. The summed E-state index contributed by atoms with van der Waals surface area (Å²) >= 11 is 0. The molecule has 0 saturated carbocycles. The maximum absolute atomic E-state index is 8.65. The number of nitriles is 6. The van der Waals surface area contributed by atoms with Gasteiger partial charge in [0, 0.05) is 56.5 Å². The Bertz CT molecular complexity index is 420. The Labute approximate surface area is 233 Å². The van der Waals surface area contributed by atoms with Gasteiger partial charge in [-0.15, -0.1) is 0 Å². The normalized spacial score (nSPS) is 4.00. The third-order valence-corrected chi connectivity index (χ3v) is 0.850. The standard InChI is InChI=1S/C6H6O2.6CHN.CH2O3.Fe.K.Na.2H/c7-5-1-2-6(8)4-3-5;6*1-2;2-1(3)4;;;;;/h1-4,7-8H;6*1H;(H2,2,3,4);;;;;. The Morgan fingerprint density at radius 2 is 0.704 bits per heavy atom. The summed E-state index contributed by atoms with van der Waals surface area (Å²) in [6.45, 7) is 21.0. The summed E-state index contributed by atoms with van der Waals surface area (Å²) in [5.74, 6) is 0.339. The van der Waals surface area contributed by atoms with E-state index in [1.165, 1.54) is 24.3 Å². The number of aromatic hydroxyl groups is 2. The first-order valence-electron chi connectivity index (χ1n) is 4.47. The maximum atomic E-state index is 8.65. The molecule has 11 nitrogen and oxygen atoms in total. The van der Waals surface area contributed by atoms with E-state index in [9.17, 15) is 0 Å². The Hall–Kier alpha value is -1.81. The zero-order valence-corrected chi connectivity index (χ0v) is 13.6. The Morgan fingerprint density at radius 3 is 0.778 bits per heavy atom. The monoisotopic (exact) mass is 454 g/mol. The zero-order valence-electron chi connectivity index (χ0n) is 12.5. The predicted octanol–water partition coefficient (Wildman–Crippen LogP) is 0.859. The second kappa shape index (κ2) is 104. The molecule has 0 spiro atoms. The van der Waals surface area contributed by atoms with Crippen molar-refractivity contribution in [1.29, 1.82) is 31.6 Å². The number of carboxylic acid groups (broad SMARTS) is 2. The van der Waals surface area contributed by atoms with Crippen LogP contribution in [0, 0.1) is 71.0 Å². The molecular formula is C13H16FeKN6NaO5. The van der Waals surface area contributed by atoms with Crippen molar-refractivity contribution in [3.05, 3.63) is 24.3 Å². The fraction of sp³-hybridized carbons (Fsp3) is 0. The van der Waals surface area contributed by atoms with Gasteiger partial charge in [-0.2, -0.15) is 0 Å². The quantitative estimate of drug-likeness (QED) is 0.316. The van der Waals surface area contributed by atoms with E-state index in [2.05, 4.69) is 39.4 Å².